The number of esters is 1. The molecule has 0 aliphatic rings. The number of nitrogens with zero attached hydrogens (tertiary/aromatic N) is 1. The average molecular weight is 373 g/mol. The van der Waals surface area contributed by atoms with Crippen LogP contribution in [0.1, 0.15) is 29.5 Å². The Hall–Kier alpha value is -1.90. The van der Waals surface area contributed by atoms with E-state index in [1.807, 2.05) is 0 Å². The minimum atomic E-state index is -3.97. The number of rotatable bonds is 6. The maximum Gasteiger partial charge on any atom is 0.307 e. The van der Waals surface area contributed by atoms with Gasteiger partial charge in [0.1, 0.15) is 10.6 Å². The van der Waals surface area contributed by atoms with Crippen LogP contribution in [0.2, 0.25) is 5.02 Å². The highest BCUT2D eigenvalue weighted by atomic mass is 35.5. The Morgan fingerprint density at radius 2 is 2.04 bits per heavy atom. The number of aromatic nitrogens is 1. The van der Waals surface area contributed by atoms with Gasteiger partial charge in [-0.2, -0.15) is 0 Å². The summed E-state index contributed by atoms with van der Waals surface area (Å²) >= 11 is 6.14. The quantitative estimate of drug-likeness (QED) is 0.782. The zero-order valence-corrected chi connectivity index (χ0v) is 14.9. The van der Waals surface area contributed by atoms with Crippen molar-refractivity contribution in [1.82, 2.24) is 9.88 Å². The summed E-state index contributed by atoms with van der Waals surface area (Å²) in [5.74, 6) is -0.405. The molecule has 24 heavy (non-hydrogen) atoms. The van der Waals surface area contributed by atoms with Gasteiger partial charge in [-0.05, 0) is 25.5 Å². The summed E-state index contributed by atoms with van der Waals surface area (Å²) in [5, 5.41) is 3.99. The minimum Gasteiger partial charge on any atom is -0.469 e. The van der Waals surface area contributed by atoms with Gasteiger partial charge in [0.15, 0.2) is 5.76 Å². The molecule has 1 aromatic heterocycles. The number of halogens is 1. The standard InChI is InChI=1S/C15H17ClN2O5S/c1-9-15(10(2)23-17-9)24(20,21)18-13(8-14(19)22-3)11-6-4-5-7-12(11)16/h4-7,13,18H,8H2,1-3H3. The lowest BCUT2D eigenvalue weighted by molar-refractivity contribution is -0.141. The Labute approximate surface area is 145 Å². The predicted octanol–water partition coefficient (Wildman–Crippen LogP) is 2.53. The second-order valence-corrected chi connectivity index (χ2v) is 7.19. The number of hydrogen-bond acceptors (Lipinski definition) is 6. The molecule has 7 nitrogen and oxygen atoms in total. The molecule has 0 bridgehead atoms. The maximum atomic E-state index is 12.7. The number of carbonyl (C=O) groups excluding carboxylic acids is 1. The molecule has 0 saturated carbocycles. The maximum absolute atomic E-state index is 12.7. The molecule has 1 heterocycles. The second kappa shape index (κ2) is 7.33. The highest BCUT2D eigenvalue weighted by Crippen LogP contribution is 2.28. The Bertz CT molecular complexity index is 828. The van der Waals surface area contributed by atoms with Crippen molar-refractivity contribution >= 4 is 27.6 Å². The normalized spacial score (nSPS) is 12.8. The van der Waals surface area contributed by atoms with E-state index in [9.17, 15) is 13.2 Å². The van der Waals surface area contributed by atoms with Gasteiger partial charge in [0.2, 0.25) is 10.0 Å². The summed E-state index contributed by atoms with van der Waals surface area (Å²) < 4.78 is 37.4. The van der Waals surface area contributed by atoms with E-state index in [1.54, 1.807) is 24.3 Å². The zero-order chi connectivity index (χ0) is 17.9. The van der Waals surface area contributed by atoms with Gasteiger partial charge in [-0.3, -0.25) is 4.79 Å². The molecule has 1 atom stereocenters. The van der Waals surface area contributed by atoms with Crippen LogP contribution in [-0.2, 0) is 19.6 Å². The molecule has 0 radical (unpaired) electrons. The summed E-state index contributed by atoms with van der Waals surface area (Å²) in [6.07, 6.45) is -0.206. The SMILES string of the molecule is COC(=O)CC(NS(=O)(=O)c1c(C)noc1C)c1ccccc1Cl. The molecule has 1 N–H and O–H groups in total. The van der Waals surface area contributed by atoms with Crippen molar-refractivity contribution in [2.24, 2.45) is 0 Å². The number of carbonyl (C=O) groups is 1. The van der Waals surface area contributed by atoms with Crippen LogP contribution in [0.4, 0.5) is 0 Å². The lowest BCUT2D eigenvalue weighted by Gasteiger charge is -2.19. The lowest BCUT2D eigenvalue weighted by atomic mass is 10.1. The first kappa shape index (κ1) is 18.4. The van der Waals surface area contributed by atoms with Gasteiger partial charge in [0.05, 0.1) is 19.6 Å². The highest BCUT2D eigenvalue weighted by Gasteiger charge is 2.30. The van der Waals surface area contributed by atoms with Gasteiger partial charge in [-0.25, -0.2) is 13.1 Å². The van der Waals surface area contributed by atoms with Crippen LogP contribution in [0.5, 0.6) is 0 Å². The first-order valence-corrected chi connectivity index (χ1v) is 8.88. The van der Waals surface area contributed by atoms with Crippen molar-refractivity contribution in [3.05, 3.63) is 46.3 Å². The van der Waals surface area contributed by atoms with Crippen molar-refractivity contribution in [1.29, 1.82) is 0 Å². The van der Waals surface area contributed by atoms with E-state index in [2.05, 4.69) is 14.6 Å². The van der Waals surface area contributed by atoms with Crippen LogP contribution in [-0.4, -0.2) is 26.7 Å². The first-order chi connectivity index (χ1) is 11.3. The molecule has 0 aliphatic heterocycles. The van der Waals surface area contributed by atoms with Crippen molar-refractivity contribution < 1.29 is 22.5 Å². The van der Waals surface area contributed by atoms with Crippen LogP contribution in [0.15, 0.2) is 33.7 Å². The molecular formula is C15H17ClN2O5S. The van der Waals surface area contributed by atoms with Crippen LogP contribution in [0, 0.1) is 13.8 Å². The molecular weight excluding hydrogens is 356 g/mol. The molecule has 2 aromatic rings. The van der Waals surface area contributed by atoms with Crippen LogP contribution >= 0.6 is 11.6 Å². The zero-order valence-electron chi connectivity index (χ0n) is 13.4. The number of nitrogens with one attached hydrogen (secondary N) is 1. The van der Waals surface area contributed by atoms with E-state index in [0.29, 0.717) is 10.6 Å². The first-order valence-electron chi connectivity index (χ1n) is 7.02. The molecule has 0 aliphatic carbocycles. The number of hydrogen-bond donors (Lipinski definition) is 1. The topological polar surface area (TPSA) is 98.5 Å². The Balaban J connectivity index is 2.42. The van der Waals surface area contributed by atoms with Crippen molar-refractivity contribution in [3.63, 3.8) is 0 Å². The summed E-state index contributed by atoms with van der Waals surface area (Å²) in [6, 6.07) is 5.79. The van der Waals surface area contributed by atoms with Gasteiger partial charge in [0.25, 0.3) is 0 Å². The van der Waals surface area contributed by atoms with Crippen LogP contribution in [0.3, 0.4) is 0 Å². The largest absolute Gasteiger partial charge is 0.469 e. The van der Waals surface area contributed by atoms with Gasteiger partial charge in [-0.15, -0.1) is 0 Å². The van der Waals surface area contributed by atoms with Crippen molar-refractivity contribution in [3.8, 4) is 0 Å². The summed E-state index contributed by atoms with van der Waals surface area (Å²) in [6.45, 7) is 3.02. The van der Waals surface area contributed by atoms with Crippen LogP contribution < -0.4 is 4.72 Å². The molecule has 2 rings (SSSR count). The average Bonchev–Trinajstić information content (AvgIpc) is 2.86. The summed E-state index contributed by atoms with van der Waals surface area (Å²) in [7, 11) is -2.74. The predicted molar refractivity (Wildman–Crippen MR) is 87.1 cm³/mol. The fraction of sp³-hybridized carbons (Fsp3) is 0.333. The number of methoxy groups -OCH3 is 1. The Kier molecular flexibility index (Phi) is 5.63. The molecule has 0 spiro atoms. The van der Waals surface area contributed by atoms with Gasteiger partial charge in [0, 0.05) is 5.02 Å². The molecule has 1 aromatic carbocycles. The highest BCUT2D eigenvalue weighted by molar-refractivity contribution is 7.89. The summed E-state index contributed by atoms with van der Waals surface area (Å²) in [5.41, 5.74) is 0.705. The molecule has 9 heteroatoms. The number of ether oxygens (including phenoxy) is 1. The third kappa shape index (κ3) is 3.95. The Morgan fingerprint density at radius 1 is 1.38 bits per heavy atom. The van der Waals surface area contributed by atoms with Gasteiger partial charge in [-0.1, -0.05) is 35.0 Å². The van der Waals surface area contributed by atoms with Gasteiger partial charge >= 0.3 is 5.97 Å². The van der Waals surface area contributed by atoms with E-state index in [-0.39, 0.29) is 22.8 Å². The second-order valence-electron chi connectivity index (χ2n) is 5.13. The smallest absolute Gasteiger partial charge is 0.307 e. The number of aryl methyl sites for hydroxylation is 2. The third-order valence-electron chi connectivity index (χ3n) is 3.41. The lowest BCUT2D eigenvalue weighted by Crippen LogP contribution is -2.31. The molecule has 0 saturated heterocycles. The number of benzene rings is 1. The monoisotopic (exact) mass is 372 g/mol. The fourth-order valence-electron chi connectivity index (χ4n) is 2.33. The molecule has 1 unspecified atom stereocenters. The van der Waals surface area contributed by atoms with Gasteiger partial charge < -0.3 is 9.26 Å². The van der Waals surface area contributed by atoms with E-state index >= 15 is 0 Å². The summed E-state index contributed by atoms with van der Waals surface area (Å²) in [4.78, 5) is 11.6. The fourth-order valence-corrected chi connectivity index (χ4v) is 4.14. The van der Waals surface area contributed by atoms with Crippen molar-refractivity contribution in [2.75, 3.05) is 7.11 Å². The van der Waals surface area contributed by atoms with E-state index in [0.717, 1.165) is 0 Å². The van der Waals surface area contributed by atoms with E-state index < -0.39 is 22.0 Å². The third-order valence-corrected chi connectivity index (χ3v) is 5.47. The molecule has 0 fully saturated rings. The van der Waals surface area contributed by atoms with Crippen molar-refractivity contribution in [2.45, 2.75) is 31.2 Å². The van der Waals surface area contributed by atoms with Crippen LogP contribution in [0.25, 0.3) is 0 Å². The Morgan fingerprint density at radius 3 is 2.58 bits per heavy atom. The minimum absolute atomic E-state index is 0.0515. The molecule has 130 valence electrons. The molecule has 0 amide bonds. The van der Waals surface area contributed by atoms with E-state index in [4.69, 9.17) is 16.1 Å². The number of sulfonamides is 1. The van der Waals surface area contributed by atoms with E-state index in [1.165, 1.54) is 21.0 Å².